The van der Waals surface area contributed by atoms with E-state index < -0.39 is 11.8 Å². The fraction of sp³-hybridized carbons (Fsp3) is 0.222. The molecule has 0 unspecified atom stereocenters. The van der Waals surface area contributed by atoms with E-state index in [2.05, 4.69) is 5.32 Å². The van der Waals surface area contributed by atoms with Gasteiger partial charge in [-0.25, -0.2) is 4.39 Å². The van der Waals surface area contributed by atoms with Crippen LogP contribution in [0.2, 0.25) is 5.02 Å². The van der Waals surface area contributed by atoms with E-state index >= 15 is 0 Å². The van der Waals surface area contributed by atoms with Crippen molar-refractivity contribution in [2.45, 2.75) is 6.54 Å². The number of carbonyl (C=O) groups is 1. The smallest absolute Gasteiger partial charge is 0.317 e. The van der Waals surface area contributed by atoms with Crippen molar-refractivity contribution >= 4 is 17.6 Å². The van der Waals surface area contributed by atoms with E-state index in [0.717, 1.165) is 0 Å². The van der Waals surface area contributed by atoms with E-state index in [-0.39, 0.29) is 18.1 Å². The summed E-state index contributed by atoms with van der Waals surface area (Å²) in [6, 6.07) is 4.61. The van der Waals surface area contributed by atoms with Crippen LogP contribution in [0.5, 0.6) is 0 Å². The molecule has 0 saturated heterocycles. The average molecular weight is 218 g/mol. The van der Waals surface area contributed by atoms with Gasteiger partial charge in [0.05, 0.1) is 11.6 Å². The van der Waals surface area contributed by atoms with Gasteiger partial charge in [0, 0.05) is 12.1 Å². The molecule has 0 aliphatic heterocycles. The topological polar surface area (TPSA) is 49.3 Å². The van der Waals surface area contributed by atoms with Crippen molar-refractivity contribution in [3.63, 3.8) is 0 Å². The Morgan fingerprint density at radius 3 is 2.93 bits per heavy atom. The highest BCUT2D eigenvalue weighted by Crippen LogP contribution is 2.17. The summed E-state index contributed by atoms with van der Waals surface area (Å²) >= 11 is 5.54. The minimum Gasteiger partial charge on any atom is -0.480 e. The molecule has 0 amide bonds. The second-order valence-electron chi connectivity index (χ2n) is 2.71. The largest absolute Gasteiger partial charge is 0.480 e. The number of halogens is 2. The third kappa shape index (κ3) is 2.97. The minimum absolute atomic E-state index is 0.0413. The molecule has 0 fully saturated rings. The van der Waals surface area contributed by atoms with Gasteiger partial charge in [-0.05, 0) is 6.07 Å². The van der Waals surface area contributed by atoms with Crippen LogP contribution in [-0.2, 0) is 11.3 Å². The molecule has 0 bridgehead atoms. The quantitative estimate of drug-likeness (QED) is 0.807. The Morgan fingerprint density at radius 1 is 1.57 bits per heavy atom. The SMILES string of the molecule is O=C(O)CNCc1cccc(Cl)c1F. The molecule has 1 aromatic rings. The molecular weight excluding hydrogens is 209 g/mol. The fourth-order valence-corrected chi connectivity index (χ4v) is 1.18. The Morgan fingerprint density at radius 2 is 2.29 bits per heavy atom. The molecule has 0 atom stereocenters. The number of benzene rings is 1. The summed E-state index contributed by atoms with van der Waals surface area (Å²) in [5, 5.41) is 10.9. The van der Waals surface area contributed by atoms with Crippen molar-refractivity contribution in [1.29, 1.82) is 0 Å². The lowest BCUT2D eigenvalue weighted by molar-refractivity contribution is -0.136. The van der Waals surface area contributed by atoms with Crippen molar-refractivity contribution in [2.24, 2.45) is 0 Å². The maximum absolute atomic E-state index is 13.2. The second kappa shape index (κ2) is 4.93. The number of aliphatic carboxylic acids is 1. The first-order valence-electron chi connectivity index (χ1n) is 3.96. The van der Waals surface area contributed by atoms with Crippen LogP contribution in [-0.4, -0.2) is 17.6 Å². The third-order valence-electron chi connectivity index (χ3n) is 1.62. The van der Waals surface area contributed by atoms with E-state index in [1.54, 1.807) is 12.1 Å². The molecule has 1 aromatic carbocycles. The zero-order chi connectivity index (χ0) is 10.6. The van der Waals surface area contributed by atoms with Crippen LogP contribution in [0.4, 0.5) is 4.39 Å². The second-order valence-corrected chi connectivity index (χ2v) is 3.12. The molecule has 1 rings (SSSR count). The van der Waals surface area contributed by atoms with E-state index in [1.807, 2.05) is 0 Å². The first-order chi connectivity index (χ1) is 6.61. The van der Waals surface area contributed by atoms with Gasteiger partial charge in [0.2, 0.25) is 0 Å². The van der Waals surface area contributed by atoms with Crippen molar-refractivity contribution in [1.82, 2.24) is 5.32 Å². The normalized spacial score (nSPS) is 10.1. The zero-order valence-corrected chi connectivity index (χ0v) is 8.01. The molecule has 0 heterocycles. The van der Waals surface area contributed by atoms with Gasteiger partial charge >= 0.3 is 5.97 Å². The molecule has 5 heteroatoms. The molecule has 0 radical (unpaired) electrons. The molecule has 3 nitrogen and oxygen atoms in total. The number of hydrogen-bond acceptors (Lipinski definition) is 2. The minimum atomic E-state index is -0.979. The lowest BCUT2D eigenvalue weighted by Gasteiger charge is -2.04. The Hall–Kier alpha value is -1.13. The Bertz CT molecular complexity index is 344. The lowest BCUT2D eigenvalue weighted by atomic mass is 10.2. The molecule has 0 saturated carbocycles. The van der Waals surface area contributed by atoms with Crippen molar-refractivity contribution in [3.8, 4) is 0 Å². The van der Waals surface area contributed by atoms with Gasteiger partial charge in [-0.15, -0.1) is 0 Å². The summed E-state index contributed by atoms with van der Waals surface area (Å²) in [5.41, 5.74) is 0.360. The van der Waals surface area contributed by atoms with Crippen LogP contribution in [0.3, 0.4) is 0 Å². The van der Waals surface area contributed by atoms with Crippen molar-refractivity contribution < 1.29 is 14.3 Å². The van der Waals surface area contributed by atoms with Gasteiger partial charge in [0.1, 0.15) is 5.82 Å². The van der Waals surface area contributed by atoms with Crippen LogP contribution in [0.15, 0.2) is 18.2 Å². The Kier molecular flexibility index (Phi) is 3.85. The summed E-state index contributed by atoms with van der Waals surface area (Å²) in [7, 11) is 0. The number of nitrogens with one attached hydrogen (secondary N) is 1. The van der Waals surface area contributed by atoms with E-state index in [9.17, 15) is 9.18 Å². The highest BCUT2D eigenvalue weighted by molar-refractivity contribution is 6.30. The predicted octanol–water partition coefficient (Wildman–Crippen LogP) is 1.65. The van der Waals surface area contributed by atoms with Gasteiger partial charge in [0.15, 0.2) is 0 Å². The molecule has 0 aliphatic carbocycles. The lowest BCUT2D eigenvalue weighted by Crippen LogP contribution is -2.22. The van der Waals surface area contributed by atoms with Gasteiger partial charge in [0.25, 0.3) is 0 Å². The highest BCUT2D eigenvalue weighted by atomic mass is 35.5. The van der Waals surface area contributed by atoms with Crippen molar-refractivity contribution in [2.75, 3.05) is 6.54 Å². The maximum atomic E-state index is 13.2. The Balaban J connectivity index is 2.59. The van der Waals surface area contributed by atoms with E-state index in [0.29, 0.717) is 5.56 Å². The van der Waals surface area contributed by atoms with Gasteiger partial charge < -0.3 is 10.4 Å². The van der Waals surface area contributed by atoms with Gasteiger partial charge in [-0.1, -0.05) is 23.7 Å². The summed E-state index contributed by atoms with van der Waals surface area (Å²) in [6.07, 6.45) is 0. The van der Waals surface area contributed by atoms with Crippen LogP contribution in [0, 0.1) is 5.82 Å². The molecule has 2 N–H and O–H groups in total. The van der Waals surface area contributed by atoms with Crippen LogP contribution in [0.25, 0.3) is 0 Å². The number of carboxylic acid groups (broad SMARTS) is 1. The Labute approximate surface area is 85.5 Å². The zero-order valence-electron chi connectivity index (χ0n) is 7.26. The molecule has 0 aliphatic rings. The first kappa shape index (κ1) is 10.9. The molecule has 0 aromatic heterocycles. The molecule has 14 heavy (non-hydrogen) atoms. The van der Waals surface area contributed by atoms with Crippen LogP contribution < -0.4 is 5.32 Å². The summed E-state index contributed by atoms with van der Waals surface area (Å²) in [5.74, 6) is -1.49. The summed E-state index contributed by atoms with van der Waals surface area (Å²) in [6.45, 7) is -0.0509. The van der Waals surface area contributed by atoms with E-state index in [4.69, 9.17) is 16.7 Å². The molecule has 76 valence electrons. The van der Waals surface area contributed by atoms with Crippen LogP contribution in [0.1, 0.15) is 5.56 Å². The van der Waals surface area contributed by atoms with Crippen molar-refractivity contribution in [3.05, 3.63) is 34.6 Å². The predicted molar refractivity (Wildman–Crippen MR) is 50.8 cm³/mol. The average Bonchev–Trinajstić information content (AvgIpc) is 2.12. The standard InChI is InChI=1S/C9H9ClFNO2/c10-7-3-1-2-6(9(7)11)4-12-5-8(13)14/h1-3,12H,4-5H2,(H,13,14). The van der Waals surface area contributed by atoms with E-state index in [1.165, 1.54) is 6.07 Å². The van der Waals surface area contributed by atoms with Gasteiger partial charge in [-0.2, -0.15) is 0 Å². The number of rotatable bonds is 4. The number of carboxylic acids is 1. The summed E-state index contributed by atoms with van der Waals surface area (Å²) in [4.78, 5) is 10.2. The molecule has 0 spiro atoms. The van der Waals surface area contributed by atoms with Gasteiger partial charge in [-0.3, -0.25) is 4.79 Å². The monoisotopic (exact) mass is 217 g/mol. The first-order valence-corrected chi connectivity index (χ1v) is 4.34. The van der Waals surface area contributed by atoms with Crippen LogP contribution >= 0.6 is 11.6 Å². The highest BCUT2D eigenvalue weighted by Gasteiger charge is 2.05. The third-order valence-corrected chi connectivity index (χ3v) is 1.92. The molecular formula is C9H9ClFNO2. The number of hydrogen-bond donors (Lipinski definition) is 2. The fourth-order valence-electron chi connectivity index (χ4n) is 0.989. The summed E-state index contributed by atoms with van der Waals surface area (Å²) < 4.78 is 13.2. The maximum Gasteiger partial charge on any atom is 0.317 e.